The van der Waals surface area contributed by atoms with E-state index in [0.29, 0.717) is 11.6 Å². The molecule has 1 heterocycles. The number of nitrogens with zero attached hydrogens (tertiary/aromatic N) is 2. The zero-order chi connectivity index (χ0) is 13.9. The second kappa shape index (κ2) is 5.27. The smallest absolute Gasteiger partial charge is 0.181 e. The van der Waals surface area contributed by atoms with Gasteiger partial charge in [-0.1, -0.05) is 54.1 Å². The molecule has 0 radical (unpaired) electrons. The Bertz CT molecular complexity index is 703. The van der Waals surface area contributed by atoms with Gasteiger partial charge in [0.15, 0.2) is 5.82 Å². The summed E-state index contributed by atoms with van der Waals surface area (Å²) in [5.41, 5.74) is 9.39. The van der Waals surface area contributed by atoms with Crippen molar-refractivity contribution in [2.45, 2.75) is 13.0 Å². The van der Waals surface area contributed by atoms with E-state index in [-0.39, 0.29) is 6.04 Å². The van der Waals surface area contributed by atoms with Crippen LogP contribution in [0.5, 0.6) is 0 Å². The number of nitrogens with two attached hydrogens (primary N) is 1. The molecule has 0 saturated heterocycles. The van der Waals surface area contributed by atoms with E-state index >= 15 is 0 Å². The SMILES string of the molecule is Cc1cccc(-c2n[nH]c([C@H](N)c3ccccc3)n2)c1. The number of nitrogens with one attached hydrogen (secondary N) is 1. The van der Waals surface area contributed by atoms with Gasteiger partial charge in [-0.05, 0) is 18.6 Å². The van der Waals surface area contributed by atoms with Crippen molar-refractivity contribution < 1.29 is 0 Å². The summed E-state index contributed by atoms with van der Waals surface area (Å²) >= 11 is 0. The molecule has 3 aromatic rings. The lowest BCUT2D eigenvalue weighted by molar-refractivity contribution is 0.787. The molecule has 3 N–H and O–H groups in total. The topological polar surface area (TPSA) is 67.6 Å². The van der Waals surface area contributed by atoms with Crippen LogP contribution in [0.3, 0.4) is 0 Å². The third-order valence-electron chi connectivity index (χ3n) is 3.23. The van der Waals surface area contributed by atoms with E-state index in [1.807, 2.05) is 55.5 Å². The van der Waals surface area contributed by atoms with Crippen molar-refractivity contribution >= 4 is 0 Å². The molecule has 0 aliphatic carbocycles. The van der Waals surface area contributed by atoms with E-state index < -0.39 is 0 Å². The molecule has 0 aliphatic rings. The maximum Gasteiger partial charge on any atom is 0.181 e. The molecule has 0 saturated carbocycles. The summed E-state index contributed by atoms with van der Waals surface area (Å²) < 4.78 is 0. The quantitative estimate of drug-likeness (QED) is 0.764. The first kappa shape index (κ1) is 12.6. The molecule has 4 heteroatoms. The Morgan fingerprint density at radius 2 is 1.85 bits per heavy atom. The number of H-pyrrole nitrogens is 1. The molecule has 0 bridgehead atoms. The summed E-state index contributed by atoms with van der Waals surface area (Å²) in [6.45, 7) is 2.05. The number of rotatable bonds is 3. The van der Waals surface area contributed by atoms with Crippen molar-refractivity contribution in [1.29, 1.82) is 0 Å². The normalized spacial score (nSPS) is 12.3. The lowest BCUT2D eigenvalue weighted by Gasteiger charge is -2.07. The van der Waals surface area contributed by atoms with Gasteiger partial charge in [-0.25, -0.2) is 4.98 Å². The van der Waals surface area contributed by atoms with Gasteiger partial charge in [0.2, 0.25) is 0 Å². The van der Waals surface area contributed by atoms with Crippen LogP contribution in [0.2, 0.25) is 0 Å². The van der Waals surface area contributed by atoms with Gasteiger partial charge < -0.3 is 5.73 Å². The van der Waals surface area contributed by atoms with Crippen LogP contribution in [0.1, 0.15) is 23.0 Å². The second-order valence-electron chi connectivity index (χ2n) is 4.80. The van der Waals surface area contributed by atoms with Crippen molar-refractivity contribution in [1.82, 2.24) is 15.2 Å². The van der Waals surface area contributed by atoms with E-state index in [2.05, 4.69) is 21.2 Å². The van der Waals surface area contributed by atoms with Crippen molar-refractivity contribution in [3.8, 4) is 11.4 Å². The molecule has 0 spiro atoms. The third-order valence-corrected chi connectivity index (χ3v) is 3.23. The van der Waals surface area contributed by atoms with E-state index in [0.717, 1.165) is 11.1 Å². The molecule has 0 fully saturated rings. The molecule has 20 heavy (non-hydrogen) atoms. The molecular formula is C16H16N4. The van der Waals surface area contributed by atoms with E-state index in [1.54, 1.807) is 0 Å². The minimum atomic E-state index is -0.290. The Morgan fingerprint density at radius 1 is 1.05 bits per heavy atom. The average molecular weight is 264 g/mol. The molecule has 0 aliphatic heterocycles. The van der Waals surface area contributed by atoms with Gasteiger partial charge in [0.25, 0.3) is 0 Å². The van der Waals surface area contributed by atoms with E-state index in [4.69, 9.17) is 5.73 Å². The highest BCUT2D eigenvalue weighted by molar-refractivity contribution is 5.55. The summed E-state index contributed by atoms with van der Waals surface area (Å²) in [6.07, 6.45) is 0. The molecule has 0 amide bonds. The lowest BCUT2D eigenvalue weighted by Crippen LogP contribution is -2.13. The van der Waals surface area contributed by atoms with Crippen molar-refractivity contribution in [3.05, 3.63) is 71.5 Å². The summed E-state index contributed by atoms with van der Waals surface area (Å²) in [7, 11) is 0. The third kappa shape index (κ3) is 2.46. The number of hydrogen-bond donors (Lipinski definition) is 2. The minimum absolute atomic E-state index is 0.290. The van der Waals surface area contributed by atoms with Gasteiger partial charge in [-0.15, -0.1) is 0 Å². The number of hydrogen-bond acceptors (Lipinski definition) is 3. The molecule has 1 atom stereocenters. The fourth-order valence-corrected chi connectivity index (χ4v) is 2.14. The van der Waals surface area contributed by atoms with E-state index in [1.165, 1.54) is 5.56 Å². The van der Waals surface area contributed by atoms with Gasteiger partial charge in [0.05, 0.1) is 6.04 Å². The Labute approximate surface area is 117 Å². The molecular weight excluding hydrogens is 248 g/mol. The van der Waals surface area contributed by atoms with Crippen LogP contribution in [-0.4, -0.2) is 15.2 Å². The first-order valence-corrected chi connectivity index (χ1v) is 6.54. The zero-order valence-electron chi connectivity index (χ0n) is 11.2. The minimum Gasteiger partial charge on any atom is -0.318 e. The molecule has 1 aromatic heterocycles. The fraction of sp³-hybridized carbons (Fsp3) is 0.125. The average Bonchev–Trinajstić information content (AvgIpc) is 2.97. The predicted molar refractivity (Wildman–Crippen MR) is 79.0 cm³/mol. The molecule has 100 valence electrons. The summed E-state index contributed by atoms with van der Waals surface area (Å²) in [6, 6.07) is 17.7. The largest absolute Gasteiger partial charge is 0.318 e. The van der Waals surface area contributed by atoms with E-state index in [9.17, 15) is 0 Å². The zero-order valence-corrected chi connectivity index (χ0v) is 11.2. The standard InChI is InChI=1S/C16H16N4/c1-11-6-5-9-13(10-11)15-18-16(20-19-15)14(17)12-7-3-2-4-8-12/h2-10,14H,17H2,1H3,(H,18,19,20)/t14-/m1/s1. The first-order chi connectivity index (χ1) is 9.74. The summed E-state index contributed by atoms with van der Waals surface area (Å²) in [4.78, 5) is 4.51. The van der Waals surface area contributed by atoms with Crippen LogP contribution in [0.25, 0.3) is 11.4 Å². The van der Waals surface area contributed by atoms with Gasteiger partial charge in [0, 0.05) is 5.56 Å². The van der Waals surface area contributed by atoms with Gasteiger partial charge in [-0.2, -0.15) is 5.10 Å². The maximum absolute atomic E-state index is 6.20. The first-order valence-electron chi connectivity index (χ1n) is 6.54. The highest BCUT2D eigenvalue weighted by Gasteiger charge is 2.14. The van der Waals surface area contributed by atoms with Crippen LogP contribution >= 0.6 is 0 Å². The van der Waals surface area contributed by atoms with Gasteiger partial charge in [-0.3, -0.25) is 5.10 Å². The maximum atomic E-state index is 6.20. The predicted octanol–water partition coefficient (Wildman–Crippen LogP) is 2.83. The number of aromatic nitrogens is 3. The van der Waals surface area contributed by atoms with Crippen LogP contribution < -0.4 is 5.73 Å². The van der Waals surface area contributed by atoms with Crippen molar-refractivity contribution in [3.63, 3.8) is 0 Å². The lowest BCUT2D eigenvalue weighted by atomic mass is 10.1. The van der Waals surface area contributed by atoms with Gasteiger partial charge >= 0.3 is 0 Å². The Morgan fingerprint density at radius 3 is 2.60 bits per heavy atom. The van der Waals surface area contributed by atoms with Crippen LogP contribution in [0.15, 0.2) is 54.6 Å². The van der Waals surface area contributed by atoms with Crippen LogP contribution in [0.4, 0.5) is 0 Å². The summed E-state index contributed by atoms with van der Waals surface area (Å²) in [5, 5.41) is 7.19. The second-order valence-corrected chi connectivity index (χ2v) is 4.80. The summed E-state index contributed by atoms with van der Waals surface area (Å²) in [5.74, 6) is 1.35. The molecule has 4 nitrogen and oxygen atoms in total. The highest BCUT2D eigenvalue weighted by atomic mass is 15.2. The van der Waals surface area contributed by atoms with Gasteiger partial charge in [0.1, 0.15) is 5.82 Å². The van der Waals surface area contributed by atoms with Crippen molar-refractivity contribution in [2.24, 2.45) is 5.73 Å². The Kier molecular flexibility index (Phi) is 3.31. The highest BCUT2D eigenvalue weighted by Crippen LogP contribution is 2.20. The van der Waals surface area contributed by atoms with Crippen LogP contribution in [0, 0.1) is 6.92 Å². The van der Waals surface area contributed by atoms with Crippen LogP contribution in [-0.2, 0) is 0 Å². The number of benzene rings is 2. The molecule has 0 unspecified atom stereocenters. The number of aryl methyl sites for hydroxylation is 1. The monoisotopic (exact) mass is 264 g/mol. The Balaban J connectivity index is 1.91. The Hall–Kier alpha value is -2.46. The molecule has 2 aromatic carbocycles. The molecule has 3 rings (SSSR count). The number of aromatic amines is 1. The van der Waals surface area contributed by atoms with Crippen molar-refractivity contribution in [2.75, 3.05) is 0 Å². The fourth-order valence-electron chi connectivity index (χ4n) is 2.14.